The van der Waals surface area contributed by atoms with E-state index in [1.165, 1.54) is 0 Å². The van der Waals surface area contributed by atoms with Crippen molar-refractivity contribution in [3.63, 3.8) is 0 Å². The van der Waals surface area contributed by atoms with Crippen molar-refractivity contribution in [3.05, 3.63) is 22.7 Å². The number of aromatic hydroxyl groups is 1. The Morgan fingerprint density at radius 1 is 1.30 bits per heavy atom. The lowest BCUT2D eigenvalue weighted by molar-refractivity contribution is 0.195. The predicted molar refractivity (Wildman–Crippen MR) is 103 cm³/mol. The van der Waals surface area contributed by atoms with Crippen LogP contribution in [0.5, 0.6) is 5.75 Å². The first-order valence-corrected chi connectivity index (χ1v) is 8.42. The molecule has 0 amide bonds. The fourth-order valence-corrected chi connectivity index (χ4v) is 3.49. The maximum absolute atomic E-state index is 10.3. The Morgan fingerprint density at radius 2 is 1.87 bits per heavy atom. The van der Waals surface area contributed by atoms with Gasteiger partial charge in [-0.05, 0) is 50.0 Å². The van der Waals surface area contributed by atoms with Crippen molar-refractivity contribution in [2.75, 3.05) is 5.32 Å². The summed E-state index contributed by atoms with van der Waals surface area (Å²) in [5.41, 5.74) is 0.854. The van der Waals surface area contributed by atoms with Gasteiger partial charge in [0.2, 0.25) is 0 Å². The van der Waals surface area contributed by atoms with E-state index in [4.69, 9.17) is 28.9 Å². The quantitative estimate of drug-likeness (QED) is 0.425. The first-order valence-electron chi connectivity index (χ1n) is 7.63. The van der Waals surface area contributed by atoms with Crippen molar-refractivity contribution >= 4 is 34.6 Å². The summed E-state index contributed by atoms with van der Waals surface area (Å²) in [4.78, 5) is 0. The van der Waals surface area contributed by atoms with Crippen LogP contribution in [0.1, 0.15) is 59.6 Å². The van der Waals surface area contributed by atoms with E-state index in [2.05, 4.69) is 45.3 Å². The maximum Gasteiger partial charge on any atom is 0.180 e. The predicted octanol–water partition coefficient (Wildman–Crippen LogP) is 4.33. The first-order chi connectivity index (χ1) is 10.3. The summed E-state index contributed by atoms with van der Waals surface area (Å²) in [6, 6.07) is 3.20. The number of hydrogen-bond donors (Lipinski definition) is 3. The van der Waals surface area contributed by atoms with Gasteiger partial charge in [-0.1, -0.05) is 32.4 Å². The van der Waals surface area contributed by atoms with Gasteiger partial charge in [0, 0.05) is 17.5 Å². The van der Waals surface area contributed by atoms with E-state index in [1.54, 1.807) is 19.1 Å². The summed E-state index contributed by atoms with van der Waals surface area (Å²) in [5.74, 6) is 0.00896. The minimum absolute atomic E-state index is 0.00896. The molecule has 0 aromatic heterocycles. The van der Waals surface area contributed by atoms with Crippen molar-refractivity contribution in [1.82, 2.24) is 5.32 Å². The normalized spacial score (nSPS) is 13.6. The summed E-state index contributed by atoms with van der Waals surface area (Å²) in [7, 11) is 0. The molecule has 0 heterocycles. The Bertz CT molecular complexity index is 581. The highest BCUT2D eigenvalue weighted by Crippen LogP contribution is 2.35. The molecule has 0 radical (unpaired) electrons. The lowest BCUT2D eigenvalue weighted by Gasteiger charge is -2.34. The van der Waals surface area contributed by atoms with Crippen LogP contribution in [0.15, 0.2) is 12.1 Å². The largest absolute Gasteiger partial charge is 0.505 e. The molecule has 6 heteroatoms. The summed E-state index contributed by atoms with van der Waals surface area (Å²) >= 11 is 11.4. The molecule has 1 unspecified atom stereocenters. The Hall–Kier alpha value is -1.04. The molecule has 130 valence electrons. The third-order valence-electron chi connectivity index (χ3n) is 3.24. The average Bonchev–Trinajstić information content (AvgIpc) is 2.28. The highest BCUT2D eigenvalue weighted by atomic mass is 35.5. The third kappa shape index (κ3) is 6.53. The smallest absolute Gasteiger partial charge is 0.180 e. The zero-order valence-corrected chi connectivity index (χ0v) is 16.2. The molecule has 1 atom stereocenters. The van der Waals surface area contributed by atoms with Gasteiger partial charge in [-0.15, -0.1) is 0 Å². The molecule has 0 spiro atoms. The van der Waals surface area contributed by atoms with Gasteiger partial charge >= 0.3 is 0 Å². The van der Waals surface area contributed by atoms with E-state index in [-0.39, 0.29) is 16.7 Å². The van der Waals surface area contributed by atoms with Crippen molar-refractivity contribution in [3.8, 4) is 5.75 Å². The molecule has 0 saturated carbocycles. The number of benzene rings is 1. The standard InChI is InChI=1S/C17H27ClN2O2S/c1-10(21)12-7-11(18)8-13(14(12)22)19-15(23)20-17(5,6)9-16(2,3)4/h7-8,10,21-22H,9H2,1-6H3,(H2,19,20,23)/p+1. The monoisotopic (exact) mass is 359 g/mol. The second-order valence-corrected chi connectivity index (χ2v) is 8.66. The fraction of sp³-hybridized carbons (Fsp3) is 0.588. The van der Waals surface area contributed by atoms with E-state index in [0.29, 0.717) is 21.4 Å². The van der Waals surface area contributed by atoms with E-state index in [1.807, 2.05) is 0 Å². The number of halogens is 1. The first kappa shape index (κ1) is 20.0. The zero-order chi connectivity index (χ0) is 18.0. The van der Waals surface area contributed by atoms with Crippen LogP contribution in [0.25, 0.3) is 0 Å². The topological polar surface area (TPSA) is 67.2 Å². The van der Waals surface area contributed by atoms with E-state index < -0.39 is 6.10 Å². The number of rotatable bonds is 4. The lowest BCUT2D eigenvalue weighted by Crippen LogP contribution is -2.47. The van der Waals surface area contributed by atoms with Gasteiger partial charge in [-0.2, -0.15) is 0 Å². The molecule has 0 aliphatic rings. The van der Waals surface area contributed by atoms with Gasteiger partial charge in [-0.25, -0.2) is 0 Å². The van der Waals surface area contributed by atoms with Crippen molar-refractivity contribution in [1.29, 1.82) is 0 Å². The zero-order valence-electron chi connectivity index (χ0n) is 14.7. The maximum atomic E-state index is 10.3. The van der Waals surface area contributed by atoms with Crippen LogP contribution in [0.2, 0.25) is 5.02 Å². The molecule has 0 aliphatic heterocycles. The molecular formula is C17H28ClN2O2S+. The van der Waals surface area contributed by atoms with E-state index in [9.17, 15) is 5.11 Å². The fourth-order valence-electron chi connectivity index (χ4n) is 2.88. The van der Waals surface area contributed by atoms with Gasteiger partial charge in [0.05, 0.1) is 11.3 Å². The number of nitrogens with one attached hydrogen (secondary N) is 2. The number of phenols is 1. The third-order valence-corrected chi connectivity index (χ3v) is 3.67. The van der Waals surface area contributed by atoms with E-state index in [0.717, 1.165) is 6.42 Å². The summed E-state index contributed by atoms with van der Waals surface area (Å²) in [6.07, 6.45) is 0.353. The van der Waals surface area contributed by atoms with Crippen LogP contribution in [0.3, 0.4) is 0 Å². The summed E-state index contributed by atoms with van der Waals surface area (Å²) in [6.45, 7) is 12.4. The lowest BCUT2D eigenvalue weighted by atomic mass is 9.82. The van der Waals surface area contributed by atoms with Gasteiger partial charge in [0.25, 0.3) is 0 Å². The average molecular weight is 360 g/mol. The second kappa shape index (κ2) is 7.24. The molecule has 0 saturated heterocycles. The highest BCUT2D eigenvalue weighted by Gasteiger charge is 2.26. The molecule has 1 aromatic rings. The number of anilines is 1. The van der Waals surface area contributed by atoms with Crippen molar-refractivity contribution in [2.24, 2.45) is 5.41 Å². The van der Waals surface area contributed by atoms with Crippen LogP contribution in [0.4, 0.5) is 5.69 Å². The molecule has 0 fully saturated rings. The van der Waals surface area contributed by atoms with Crippen LogP contribution in [-0.4, -0.2) is 20.9 Å². The minimum Gasteiger partial charge on any atom is -0.505 e. The number of thiocarbonyl (C=S) groups is 1. The Morgan fingerprint density at radius 3 is 2.35 bits per heavy atom. The van der Waals surface area contributed by atoms with Crippen LogP contribution >= 0.6 is 23.8 Å². The van der Waals surface area contributed by atoms with Crippen molar-refractivity contribution in [2.45, 2.75) is 59.6 Å². The highest BCUT2D eigenvalue weighted by molar-refractivity contribution is 7.80. The summed E-state index contributed by atoms with van der Waals surface area (Å²) < 4.78 is 0. The molecule has 23 heavy (non-hydrogen) atoms. The van der Waals surface area contributed by atoms with Gasteiger partial charge in [0.1, 0.15) is 5.75 Å². The molecule has 4 nitrogen and oxygen atoms in total. The van der Waals surface area contributed by atoms with Crippen molar-refractivity contribution < 1.29 is 10.2 Å². The second-order valence-electron chi connectivity index (χ2n) is 7.81. The van der Waals surface area contributed by atoms with Crippen LogP contribution in [0, 0.1) is 5.41 Å². The van der Waals surface area contributed by atoms with Crippen LogP contribution in [-0.2, 0) is 0 Å². The summed E-state index contributed by atoms with van der Waals surface area (Å²) in [5, 5.41) is 25.2. The molecule has 5 N–H and O–H groups in total. The molecular weight excluding hydrogens is 332 g/mol. The van der Waals surface area contributed by atoms with Gasteiger partial charge in [0.15, 0.2) is 11.2 Å². The van der Waals surface area contributed by atoms with Gasteiger partial charge in [-0.3, -0.25) is 0 Å². The Kier molecular flexibility index (Phi) is 6.30. The molecule has 1 rings (SSSR count). The van der Waals surface area contributed by atoms with Crippen LogP contribution < -0.4 is 10.6 Å². The Balaban J connectivity index is 2.90. The SMILES string of the molecule is CC([OH2+])c1cc(Cl)cc(NC(=S)NC(C)(C)CC(C)(C)C)c1O. The molecule has 0 bridgehead atoms. The van der Waals surface area contributed by atoms with E-state index >= 15 is 0 Å². The number of phenolic OH excluding ortho intramolecular Hbond substituents is 1. The van der Waals surface area contributed by atoms with Gasteiger partial charge < -0.3 is 20.8 Å². The minimum atomic E-state index is -0.576. The Labute approximate surface area is 149 Å². The molecule has 1 aromatic carbocycles. The molecule has 0 aliphatic carbocycles. The number of hydrogen-bond acceptors (Lipinski definition) is 2.